The van der Waals surface area contributed by atoms with Crippen molar-refractivity contribution in [3.63, 3.8) is 0 Å². The molecule has 146 valence electrons. The van der Waals surface area contributed by atoms with Crippen LogP contribution in [0.1, 0.15) is 22.5 Å². The normalized spacial score (nSPS) is 18.6. The Labute approximate surface area is 170 Å². The lowest BCUT2D eigenvalue weighted by atomic mass is 9.78. The molecule has 1 fully saturated rings. The second-order valence-corrected chi connectivity index (χ2v) is 7.54. The summed E-state index contributed by atoms with van der Waals surface area (Å²) in [4.78, 5) is 31.2. The first-order valence-electron chi connectivity index (χ1n) is 9.73. The van der Waals surface area contributed by atoms with Crippen molar-refractivity contribution in [2.24, 2.45) is 11.1 Å². The molecule has 3 aromatic rings. The van der Waals surface area contributed by atoms with Crippen molar-refractivity contribution in [3.8, 4) is 11.1 Å². The van der Waals surface area contributed by atoms with E-state index in [1.807, 2.05) is 36.4 Å². The summed E-state index contributed by atoms with van der Waals surface area (Å²) in [6.45, 7) is 0.798. The van der Waals surface area contributed by atoms with Gasteiger partial charge in [-0.3, -0.25) is 14.6 Å². The maximum absolute atomic E-state index is 12.8. The van der Waals surface area contributed by atoms with Crippen LogP contribution in [-0.2, 0) is 11.2 Å². The average molecular weight is 385 g/mol. The summed E-state index contributed by atoms with van der Waals surface area (Å²) in [6.07, 6.45) is 2.64. The van der Waals surface area contributed by atoms with Gasteiger partial charge < -0.3 is 10.6 Å². The summed E-state index contributed by atoms with van der Waals surface area (Å²) >= 11 is 0. The Morgan fingerprint density at radius 2 is 1.69 bits per heavy atom. The van der Waals surface area contributed by atoms with Gasteiger partial charge in [0.15, 0.2) is 0 Å². The van der Waals surface area contributed by atoms with Crippen LogP contribution in [0.5, 0.6) is 0 Å². The minimum atomic E-state index is -0.782. The Hall–Kier alpha value is -3.47. The van der Waals surface area contributed by atoms with Crippen molar-refractivity contribution in [2.45, 2.75) is 12.8 Å². The van der Waals surface area contributed by atoms with Gasteiger partial charge >= 0.3 is 0 Å². The third kappa shape index (κ3) is 3.76. The molecule has 0 saturated carbocycles. The number of nitrogens with two attached hydrogens (primary N) is 1. The van der Waals surface area contributed by atoms with Crippen LogP contribution in [0.4, 0.5) is 0 Å². The van der Waals surface area contributed by atoms with Crippen LogP contribution >= 0.6 is 0 Å². The number of benzene rings is 2. The summed E-state index contributed by atoms with van der Waals surface area (Å²) < 4.78 is 0. The monoisotopic (exact) mass is 385 g/mol. The number of amides is 2. The molecule has 5 heteroatoms. The van der Waals surface area contributed by atoms with Crippen molar-refractivity contribution in [1.82, 2.24) is 9.88 Å². The predicted octanol–water partition coefficient (Wildman–Crippen LogP) is 3.31. The lowest BCUT2D eigenvalue weighted by Crippen LogP contribution is -2.42. The van der Waals surface area contributed by atoms with Crippen LogP contribution < -0.4 is 5.73 Å². The molecule has 1 aliphatic rings. The largest absolute Gasteiger partial charge is 0.369 e. The molecule has 0 radical (unpaired) electrons. The van der Waals surface area contributed by atoms with Gasteiger partial charge in [0.05, 0.1) is 5.41 Å². The molecule has 2 amide bonds. The van der Waals surface area contributed by atoms with Gasteiger partial charge in [-0.15, -0.1) is 0 Å². The van der Waals surface area contributed by atoms with Gasteiger partial charge in [-0.2, -0.15) is 0 Å². The summed E-state index contributed by atoms with van der Waals surface area (Å²) in [6, 6.07) is 23.4. The third-order valence-electron chi connectivity index (χ3n) is 5.68. The minimum absolute atomic E-state index is 0.162. The average Bonchev–Trinajstić information content (AvgIpc) is 3.20. The molecular weight excluding hydrogens is 362 g/mol. The molecule has 1 atom stereocenters. The highest BCUT2D eigenvalue weighted by Crippen LogP contribution is 2.37. The first-order valence-corrected chi connectivity index (χ1v) is 9.73. The number of pyridine rings is 1. The molecule has 2 N–H and O–H groups in total. The summed E-state index contributed by atoms with van der Waals surface area (Å²) in [5.74, 6) is -0.526. The third-order valence-corrected chi connectivity index (χ3v) is 5.68. The molecular formula is C24H23N3O2. The van der Waals surface area contributed by atoms with E-state index in [1.165, 1.54) is 0 Å². The SMILES string of the molecule is NC(=O)C1(Cc2ccccc2-c2ccccc2)CCN(C(=O)c2ccccn2)C1. The zero-order chi connectivity index (χ0) is 20.3. The number of likely N-dealkylation sites (tertiary alicyclic amines) is 1. The first kappa shape index (κ1) is 18.9. The highest BCUT2D eigenvalue weighted by atomic mass is 16.2. The zero-order valence-corrected chi connectivity index (χ0v) is 16.1. The number of carbonyl (C=O) groups excluding carboxylic acids is 2. The Kier molecular flexibility index (Phi) is 5.12. The number of rotatable bonds is 5. The van der Waals surface area contributed by atoms with E-state index in [0.29, 0.717) is 31.6 Å². The van der Waals surface area contributed by atoms with E-state index in [0.717, 1.165) is 16.7 Å². The van der Waals surface area contributed by atoms with E-state index in [9.17, 15) is 9.59 Å². The van der Waals surface area contributed by atoms with Crippen molar-refractivity contribution < 1.29 is 9.59 Å². The van der Waals surface area contributed by atoms with Crippen molar-refractivity contribution in [2.75, 3.05) is 13.1 Å². The van der Waals surface area contributed by atoms with Gasteiger partial charge in [-0.25, -0.2) is 0 Å². The molecule has 2 aromatic carbocycles. The fourth-order valence-electron chi connectivity index (χ4n) is 4.07. The highest BCUT2D eigenvalue weighted by Gasteiger charge is 2.45. The number of carbonyl (C=O) groups is 2. The fraction of sp³-hybridized carbons (Fsp3) is 0.208. The van der Waals surface area contributed by atoms with Crippen LogP contribution in [-0.4, -0.2) is 34.8 Å². The Morgan fingerprint density at radius 3 is 2.41 bits per heavy atom. The Balaban J connectivity index is 1.62. The number of hydrogen-bond donors (Lipinski definition) is 1. The fourth-order valence-corrected chi connectivity index (χ4v) is 4.07. The Morgan fingerprint density at radius 1 is 0.966 bits per heavy atom. The van der Waals surface area contributed by atoms with E-state index in [2.05, 4.69) is 23.2 Å². The number of aromatic nitrogens is 1. The van der Waals surface area contributed by atoms with Gasteiger partial charge in [-0.1, -0.05) is 60.7 Å². The summed E-state index contributed by atoms with van der Waals surface area (Å²) in [5, 5.41) is 0. The van der Waals surface area contributed by atoms with Crippen LogP contribution in [0.15, 0.2) is 79.0 Å². The number of nitrogens with zero attached hydrogens (tertiary/aromatic N) is 2. The van der Waals surface area contributed by atoms with E-state index in [1.54, 1.807) is 29.3 Å². The molecule has 1 aromatic heterocycles. The molecule has 1 aliphatic heterocycles. The minimum Gasteiger partial charge on any atom is -0.369 e. The molecule has 4 rings (SSSR count). The van der Waals surface area contributed by atoms with Gasteiger partial charge in [0, 0.05) is 19.3 Å². The predicted molar refractivity (Wildman–Crippen MR) is 112 cm³/mol. The Bertz CT molecular complexity index is 1020. The molecule has 1 saturated heterocycles. The highest BCUT2D eigenvalue weighted by molar-refractivity contribution is 5.93. The molecule has 1 unspecified atom stereocenters. The first-order chi connectivity index (χ1) is 14.1. The van der Waals surface area contributed by atoms with Gasteiger partial charge in [0.1, 0.15) is 5.69 Å². The van der Waals surface area contributed by atoms with Crippen LogP contribution in [0, 0.1) is 5.41 Å². The van der Waals surface area contributed by atoms with Crippen molar-refractivity contribution in [1.29, 1.82) is 0 Å². The lowest BCUT2D eigenvalue weighted by Gasteiger charge is -2.27. The lowest BCUT2D eigenvalue weighted by molar-refractivity contribution is -0.126. The molecule has 0 bridgehead atoms. The van der Waals surface area contributed by atoms with E-state index in [4.69, 9.17) is 5.73 Å². The van der Waals surface area contributed by atoms with Gasteiger partial charge in [0.2, 0.25) is 5.91 Å². The van der Waals surface area contributed by atoms with E-state index < -0.39 is 5.41 Å². The smallest absolute Gasteiger partial charge is 0.272 e. The van der Waals surface area contributed by atoms with Crippen molar-refractivity contribution >= 4 is 11.8 Å². The summed E-state index contributed by atoms with van der Waals surface area (Å²) in [7, 11) is 0. The number of primary amides is 1. The molecule has 2 heterocycles. The van der Waals surface area contributed by atoms with Crippen LogP contribution in [0.2, 0.25) is 0 Å². The van der Waals surface area contributed by atoms with E-state index >= 15 is 0 Å². The number of hydrogen-bond acceptors (Lipinski definition) is 3. The van der Waals surface area contributed by atoms with E-state index in [-0.39, 0.29) is 11.8 Å². The second-order valence-electron chi connectivity index (χ2n) is 7.54. The molecule has 29 heavy (non-hydrogen) atoms. The second kappa shape index (κ2) is 7.87. The molecule has 0 aliphatic carbocycles. The van der Waals surface area contributed by atoms with Gasteiger partial charge in [0.25, 0.3) is 5.91 Å². The standard InChI is InChI=1S/C24H23N3O2/c25-23(29)24(13-15-27(17-24)22(28)21-12-6-7-14-26-21)16-19-10-4-5-11-20(19)18-8-2-1-3-9-18/h1-12,14H,13,15-17H2,(H2,25,29). The topological polar surface area (TPSA) is 76.3 Å². The summed E-state index contributed by atoms with van der Waals surface area (Å²) in [5.41, 5.74) is 8.73. The van der Waals surface area contributed by atoms with Gasteiger partial charge in [-0.05, 0) is 41.7 Å². The van der Waals surface area contributed by atoms with Crippen molar-refractivity contribution in [3.05, 3.63) is 90.3 Å². The molecule has 5 nitrogen and oxygen atoms in total. The zero-order valence-electron chi connectivity index (χ0n) is 16.1. The maximum Gasteiger partial charge on any atom is 0.272 e. The van der Waals surface area contributed by atoms with Crippen LogP contribution in [0.3, 0.4) is 0 Å². The van der Waals surface area contributed by atoms with Crippen LogP contribution in [0.25, 0.3) is 11.1 Å². The molecule has 0 spiro atoms. The quantitative estimate of drug-likeness (QED) is 0.732. The maximum atomic E-state index is 12.8.